The molecule has 9 heteroatoms. The highest BCUT2D eigenvalue weighted by Crippen LogP contribution is 2.16. The number of nitrogens with one attached hydrogen (secondary N) is 1. The summed E-state index contributed by atoms with van der Waals surface area (Å²) in [5, 5.41) is 0. The number of aryl methyl sites for hydroxylation is 3. The first-order valence-electron chi connectivity index (χ1n) is 7.37. The van der Waals surface area contributed by atoms with Gasteiger partial charge in [-0.3, -0.25) is 4.79 Å². The quantitative estimate of drug-likeness (QED) is 0.808. The van der Waals surface area contributed by atoms with E-state index in [-0.39, 0.29) is 17.1 Å². The molecule has 3 rings (SSSR count). The lowest BCUT2D eigenvalue weighted by Gasteiger charge is -2.11. The molecule has 1 amide bonds. The fraction of sp³-hybridized carbons (Fsp3) is 0.429. The summed E-state index contributed by atoms with van der Waals surface area (Å²) in [6.07, 6.45) is 6.40. The number of rotatable bonds is 5. The molecule has 1 aliphatic heterocycles. The number of nitrogens with two attached hydrogens (primary N) is 1. The van der Waals surface area contributed by atoms with Gasteiger partial charge in [-0.05, 0) is 18.9 Å². The smallest absolute Gasteiger partial charge is 0.265 e. The normalized spacial score (nSPS) is 14.7. The topological polar surface area (TPSA) is 112 Å². The van der Waals surface area contributed by atoms with E-state index in [1.807, 2.05) is 6.20 Å². The highest BCUT2D eigenvalue weighted by Gasteiger charge is 2.20. The van der Waals surface area contributed by atoms with Gasteiger partial charge in [-0.25, -0.2) is 18.1 Å². The third-order valence-corrected chi connectivity index (χ3v) is 5.31. The van der Waals surface area contributed by atoms with Gasteiger partial charge in [0.25, 0.3) is 5.91 Å². The van der Waals surface area contributed by atoms with Crippen molar-refractivity contribution in [2.24, 2.45) is 12.8 Å². The number of aromatic nitrogens is 3. The lowest BCUT2D eigenvalue weighted by atomic mass is 10.2. The second-order valence-corrected chi connectivity index (χ2v) is 7.43. The Bertz CT molecular complexity index is 826. The maximum Gasteiger partial charge on any atom is 0.265 e. The van der Waals surface area contributed by atoms with Crippen molar-refractivity contribution >= 4 is 15.9 Å². The van der Waals surface area contributed by atoms with E-state index in [2.05, 4.69) is 14.3 Å². The third-order valence-electron chi connectivity index (χ3n) is 3.94. The van der Waals surface area contributed by atoms with E-state index in [1.54, 1.807) is 7.05 Å². The molecule has 0 aliphatic carbocycles. The van der Waals surface area contributed by atoms with Gasteiger partial charge in [0.15, 0.2) is 0 Å². The van der Waals surface area contributed by atoms with Crippen LogP contribution in [0.1, 0.15) is 34.8 Å². The van der Waals surface area contributed by atoms with Crippen molar-refractivity contribution in [3.63, 3.8) is 0 Å². The number of carbonyl (C=O) groups excluding carboxylic acids is 1. The highest BCUT2D eigenvalue weighted by molar-refractivity contribution is 7.89. The first kappa shape index (κ1) is 15.8. The number of imidazole rings is 1. The summed E-state index contributed by atoms with van der Waals surface area (Å²) in [4.78, 5) is 15.7. The fourth-order valence-corrected chi connectivity index (χ4v) is 3.80. The zero-order valence-corrected chi connectivity index (χ0v) is 13.6. The summed E-state index contributed by atoms with van der Waals surface area (Å²) < 4.78 is 30.6. The average Bonchev–Trinajstić information content (AvgIpc) is 3.08. The van der Waals surface area contributed by atoms with Gasteiger partial charge < -0.3 is 14.9 Å². The Balaban J connectivity index is 1.75. The number of amides is 1. The molecule has 0 saturated carbocycles. The molecule has 0 radical (unpaired) electrons. The molecule has 124 valence electrons. The molecule has 0 aromatic carbocycles. The average molecular weight is 337 g/mol. The minimum atomic E-state index is -3.72. The van der Waals surface area contributed by atoms with Gasteiger partial charge in [0.2, 0.25) is 10.0 Å². The highest BCUT2D eigenvalue weighted by atomic mass is 32.2. The second kappa shape index (κ2) is 5.82. The summed E-state index contributed by atoms with van der Waals surface area (Å²) >= 11 is 0. The maximum atomic E-state index is 12.3. The Morgan fingerprint density at radius 3 is 2.83 bits per heavy atom. The lowest BCUT2D eigenvalue weighted by molar-refractivity contribution is 0.0992. The molecule has 3 heterocycles. The van der Waals surface area contributed by atoms with Crippen LogP contribution in [0.2, 0.25) is 0 Å². The van der Waals surface area contributed by atoms with E-state index >= 15 is 0 Å². The monoisotopic (exact) mass is 337 g/mol. The van der Waals surface area contributed by atoms with Crippen LogP contribution in [0.25, 0.3) is 0 Å². The van der Waals surface area contributed by atoms with E-state index in [0.717, 1.165) is 31.6 Å². The van der Waals surface area contributed by atoms with E-state index < -0.39 is 15.9 Å². The van der Waals surface area contributed by atoms with Gasteiger partial charge in [-0.1, -0.05) is 0 Å². The molecule has 0 saturated heterocycles. The molecular formula is C14H19N5O3S. The molecule has 0 spiro atoms. The number of sulfonamides is 1. The van der Waals surface area contributed by atoms with Crippen molar-refractivity contribution < 1.29 is 13.2 Å². The minimum Gasteiger partial charge on any atom is -0.364 e. The van der Waals surface area contributed by atoms with E-state index in [9.17, 15) is 13.2 Å². The van der Waals surface area contributed by atoms with Crippen LogP contribution < -0.4 is 10.5 Å². The Morgan fingerprint density at radius 2 is 2.17 bits per heavy atom. The molecule has 0 atom stereocenters. The van der Waals surface area contributed by atoms with Crippen LogP contribution >= 0.6 is 0 Å². The molecule has 8 nitrogen and oxygen atoms in total. The van der Waals surface area contributed by atoms with Crippen LogP contribution in [-0.2, 0) is 36.6 Å². The summed E-state index contributed by atoms with van der Waals surface area (Å²) in [6, 6.07) is 1.27. The van der Waals surface area contributed by atoms with Gasteiger partial charge in [0.1, 0.15) is 16.4 Å². The lowest BCUT2D eigenvalue weighted by Crippen LogP contribution is -2.23. The van der Waals surface area contributed by atoms with Gasteiger partial charge in [-0.2, -0.15) is 0 Å². The van der Waals surface area contributed by atoms with Crippen LogP contribution in [0, 0.1) is 0 Å². The Hall–Kier alpha value is -2.13. The van der Waals surface area contributed by atoms with Crippen molar-refractivity contribution in [1.82, 2.24) is 18.8 Å². The van der Waals surface area contributed by atoms with Crippen LogP contribution in [0.5, 0.6) is 0 Å². The number of carbonyl (C=O) groups is 1. The largest absolute Gasteiger partial charge is 0.364 e. The zero-order valence-electron chi connectivity index (χ0n) is 12.8. The molecule has 1 aliphatic rings. The fourth-order valence-electron chi connectivity index (χ4n) is 2.74. The Kier molecular flexibility index (Phi) is 3.99. The predicted octanol–water partition coefficient (Wildman–Crippen LogP) is 0.135. The summed E-state index contributed by atoms with van der Waals surface area (Å²) in [5.41, 5.74) is 6.04. The molecule has 0 bridgehead atoms. The molecule has 0 unspecified atom stereocenters. The predicted molar refractivity (Wildman–Crippen MR) is 83.1 cm³/mol. The molecule has 2 aromatic heterocycles. The van der Waals surface area contributed by atoms with Crippen molar-refractivity contribution in [3.8, 4) is 0 Å². The maximum absolute atomic E-state index is 12.3. The Labute approximate surface area is 134 Å². The van der Waals surface area contributed by atoms with E-state index in [4.69, 9.17) is 5.73 Å². The van der Waals surface area contributed by atoms with Gasteiger partial charge in [0, 0.05) is 32.4 Å². The first-order chi connectivity index (χ1) is 10.9. The second-order valence-electron chi connectivity index (χ2n) is 5.66. The summed E-state index contributed by atoms with van der Waals surface area (Å²) in [6.45, 7) is 1.04. The molecule has 3 N–H and O–H groups in total. The first-order valence-corrected chi connectivity index (χ1v) is 8.86. The van der Waals surface area contributed by atoms with Crippen molar-refractivity contribution in [2.45, 2.75) is 37.2 Å². The van der Waals surface area contributed by atoms with Crippen LogP contribution in [0.3, 0.4) is 0 Å². The van der Waals surface area contributed by atoms with E-state index in [1.165, 1.54) is 16.8 Å². The standard InChI is InChI=1S/C14H19N5O3S/c1-18-9-11(6-12(18)14(15)20)23(21,22)16-7-10-8-19-5-3-2-4-13(19)17-10/h6,8-9,16H,2-5,7H2,1H3,(H2,15,20). The molecule has 0 fully saturated rings. The van der Waals surface area contributed by atoms with Gasteiger partial charge in [0.05, 0.1) is 12.2 Å². The number of hydrogen-bond acceptors (Lipinski definition) is 4. The Morgan fingerprint density at radius 1 is 1.39 bits per heavy atom. The third kappa shape index (κ3) is 3.15. The summed E-state index contributed by atoms with van der Waals surface area (Å²) in [7, 11) is -2.15. The minimum absolute atomic E-state index is 0.0118. The number of nitrogens with zero attached hydrogens (tertiary/aromatic N) is 3. The zero-order chi connectivity index (χ0) is 16.6. The summed E-state index contributed by atoms with van der Waals surface area (Å²) in [5.74, 6) is 0.330. The van der Waals surface area contributed by atoms with Crippen molar-refractivity contribution in [2.75, 3.05) is 0 Å². The molecule has 23 heavy (non-hydrogen) atoms. The van der Waals surface area contributed by atoms with Crippen LogP contribution in [0.15, 0.2) is 23.4 Å². The van der Waals surface area contributed by atoms with Crippen LogP contribution in [-0.4, -0.2) is 28.4 Å². The van der Waals surface area contributed by atoms with Gasteiger partial charge in [-0.15, -0.1) is 0 Å². The number of hydrogen-bond donors (Lipinski definition) is 2. The van der Waals surface area contributed by atoms with Crippen molar-refractivity contribution in [1.29, 1.82) is 0 Å². The number of fused-ring (bicyclic) bond motifs is 1. The van der Waals surface area contributed by atoms with Gasteiger partial charge >= 0.3 is 0 Å². The SMILES string of the molecule is Cn1cc(S(=O)(=O)NCc2cn3c(n2)CCCC3)cc1C(N)=O. The number of primary amides is 1. The molecular weight excluding hydrogens is 318 g/mol. The van der Waals surface area contributed by atoms with E-state index in [0.29, 0.717) is 5.69 Å². The van der Waals surface area contributed by atoms with Crippen LogP contribution in [0.4, 0.5) is 0 Å². The molecule has 2 aromatic rings. The van der Waals surface area contributed by atoms with Crippen molar-refractivity contribution in [3.05, 3.63) is 35.7 Å².